The molecule has 0 spiro atoms. The molecule has 3 heterocycles. The van der Waals surface area contributed by atoms with Crippen molar-refractivity contribution in [1.29, 1.82) is 0 Å². The number of carbonyl (C=O) groups is 3. The first-order valence-corrected chi connectivity index (χ1v) is 13.3. The number of thioether (sulfide) groups is 1. The molecule has 3 N–H and O–H groups in total. The molecule has 0 radical (unpaired) electrons. The summed E-state index contributed by atoms with van der Waals surface area (Å²) in [5.74, 6) is -0.481. The molecule has 3 aliphatic heterocycles. The number of piperazine rings is 1. The van der Waals surface area contributed by atoms with Gasteiger partial charge in [-0.3, -0.25) is 19.7 Å². The summed E-state index contributed by atoms with van der Waals surface area (Å²) >= 11 is 1.59. The van der Waals surface area contributed by atoms with E-state index in [1.165, 1.54) is 4.90 Å². The molecular formula is C20H26FN5O5S2. The molecule has 3 fully saturated rings. The highest BCUT2D eigenvalue weighted by Crippen LogP contribution is 2.24. The highest BCUT2D eigenvalue weighted by Gasteiger charge is 2.43. The lowest BCUT2D eigenvalue weighted by Crippen LogP contribution is -2.64. The van der Waals surface area contributed by atoms with E-state index in [0.717, 1.165) is 28.6 Å². The second-order valence-corrected chi connectivity index (χ2v) is 11.1. The number of rotatable bonds is 5. The van der Waals surface area contributed by atoms with Crippen LogP contribution in [-0.2, 0) is 24.4 Å². The summed E-state index contributed by atoms with van der Waals surface area (Å²) in [5.41, 5.74) is 0. The monoisotopic (exact) mass is 499 g/mol. The van der Waals surface area contributed by atoms with Crippen molar-refractivity contribution in [1.82, 2.24) is 25.2 Å². The Balaban J connectivity index is 1.58. The third-order valence-corrected chi connectivity index (χ3v) is 8.84. The van der Waals surface area contributed by atoms with Gasteiger partial charge in [-0.05, 0) is 37.1 Å². The number of piperidine rings is 1. The van der Waals surface area contributed by atoms with Crippen LogP contribution < -0.4 is 16.0 Å². The van der Waals surface area contributed by atoms with Crippen LogP contribution in [-0.4, -0.2) is 91.3 Å². The Morgan fingerprint density at radius 1 is 1.18 bits per heavy atom. The first kappa shape index (κ1) is 23.9. The minimum absolute atomic E-state index is 0.0970. The fraction of sp³-hybridized carbons (Fsp3) is 0.550. The summed E-state index contributed by atoms with van der Waals surface area (Å²) in [6.45, 7) is 0.409. The number of benzene rings is 1. The molecule has 1 aromatic carbocycles. The van der Waals surface area contributed by atoms with Crippen LogP contribution in [0, 0.1) is 5.82 Å². The molecule has 3 atom stereocenters. The normalized spacial score (nSPS) is 26.6. The molecule has 3 saturated heterocycles. The molecule has 13 heteroatoms. The summed E-state index contributed by atoms with van der Waals surface area (Å²) < 4.78 is 41.0. The highest BCUT2D eigenvalue weighted by molar-refractivity contribution is 7.99. The number of carbonyl (C=O) groups excluding carboxylic acids is 3. The van der Waals surface area contributed by atoms with E-state index in [1.54, 1.807) is 11.8 Å². The third kappa shape index (κ3) is 5.15. The van der Waals surface area contributed by atoms with Gasteiger partial charge in [-0.15, -0.1) is 11.8 Å². The lowest BCUT2D eigenvalue weighted by Gasteiger charge is -2.40. The zero-order chi connectivity index (χ0) is 23.6. The minimum Gasteiger partial charge on any atom is -0.354 e. The van der Waals surface area contributed by atoms with Crippen LogP contribution >= 0.6 is 11.8 Å². The number of halogens is 1. The van der Waals surface area contributed by atoms with Crippen molar-refractivity contribution in [2.45, 2.75) is 35.9 Å². The largest absolute Gasteiger partial charge is 0.354 e. The second-order valence-electron chi connectivity index (χ2n) is 8.14. The van der Waals surface area contributed by atoms with Gasteiger partial charge >= 0.3 is 0 Å². The molecule has 0 unspecified atom stereocenters. The maximum absolute atomic E-state index is 13.3. The Kier molecular flexibility index (Phi) is 7.22. The SMILES string of the molecule is O=C(N[C@@H]1CCCNC1=O)[C@H]1CN(C(=O)[C@H]2CSCN2)CCN1S(=O)(=O)c1ccc(F)cc1. The molecule has 0 bridgehead atoms. The van der Waals surface area contributed by atoms with Crippen molar-refractivity contribution in [3.05, 3.63) is 30.1 Å². The van der Waals surface area contributed by atoms with E-state index in [1.807, 2.05) is 0 Å². The fourth-order valence-corrected chi connectivity index (χ4v) is 6.66. The van der Waals surface area contributed by atoms with Crippen molar-refractivity contribution in [3.63, 3.8) is 0 Å². The average Bonchev–Trinajstić information content (AvgIpc) is 3.35. The Hall–Kier alpha value is -2.22. The molecular weight excluding hydrogens is 473 g/mol. The van der Waals surface area contributed by atoms with Crippen LogP contribution in [0.4, 0.5) is 4.39 Å². The Morgan fingerprint density at radius 2 is 1.94 bits per heavy atom. The summed E-state index contributed by atoms with van der Waals surface area (Å²) in [5, 5.41) is 8.43. The Labute approximate surface area is 195 Å². The molecule has 1 aromatic rings. The second kappa shape index (κ2) is 9.95. The summed E-state index contributed by atoms with van der Waals surface area (Å²) in [6, 6.07) is 2.00. The molecule has 10 nitrogen and oxygen atoms in total. The smallest absolute Gasteiger partial charge is 0.243 e. The number of amides is 3. The molecule has 0 aliphatic carbocycles. The quantitative estimate of drug-likeness (QED) is 0.478. The van der Waals surface area contributed by atoms with Crippen LogP contribution in [0.1, 0.15) is 12.8 Å². The standard InChI is InChI=1S/C20H26FN5O5S2/c21-13-3-5-14(6-4-13)33(30,31)26-9-8-25(20(29)16-11-32-12-23-16)10-17(26)19(28)24-15-2-1-7-22-18(15)27/h3-6,15-17,23H,1-2,7-12H2,(H,22,27)(H,24,28)/t15-,16-,17-/m1/s1. The van der Waals surface area contributed by atoms with Crippen LogP contribution in [0.25, 0.3) is 0 Å². The van der Waals surface area contributed by atoms with Gasteiger partial charge in [-0.2, -0.15) is 4.31 Å². The highest BCUT2D eigenvalue weighted by atomic mass is 32.2. The predicted molar refractivity (Wildman–Crippen MR) is 119 cm³/mol. The number of nitrogens with zero attached hydrogens (tertiary/aromatic N) is 2. The molecule has 180 valence electrons. The number of hydrogen-bond donors (Lipinski definition) is 3. The van der Waals surface area contributed by atoms with E-state index >= 15 is 0 Å². The first-order chi connectivity index (χ1) is 15.8. The summed E-state index contributed by atoms with van der Waals surface area (Å²) in [6.07, 6.45) is 1.13. The zero-order valence-electron chi connectivity index (χ0n) is 17.8. The number of sulfonamides is 1. The van der Waals surface area contributed by atoms with Gasteiger partial charge in [-0.25, -0.2) is 12.8 Å². The zero-order valence-corrected chi connectivity index (χ0v) is 19.5. The maximum atomic E-state index is 13.3. The van der Waals surface area contributed by atoms with Gasteiger partial charge in [-0.1, -0.05) is 0 Å². The number of nitrogens with one attached hydrogen (secondary N) is 3. The van der Waals surface area contributed by atoms with Gasteiger partial charge in [0.05, 0.1) is 10.9 Å². The Morgan fingerprint density at radius 3 is 2.61 bits per heavy atom. The van der Waals surface area contributed by atoms with Crippen molar-refractivity contribution in [2.75, 3.05) is 37.8 Å². The lowest BCUT2D eigenvalue weighted by atomic mass is 10.1. The Bertz CT molecular complexity index is 1020. The van der Waals surface area contributed by atoms with Gasteiger partial charge in [0.15, 0.2) is 0 Å². The molecule has 0 aromatic heterocycles. The first-order valence-electron chi connectivity index (χ1n) is 10.7. The van der Waals surface area contributed by atoms with Gasteiger partial charge < -0.3 is 15.5 Å². The van der Waals surface area contributed by atoms with E-state index in [2.05, 4.69) is 16.0 Å². The van der Waals surface area contributed by atoms with Crippen LogP contribution in [0.5, 0.6) is 0 Å². The van der Waals surface area contributed by atoms with Crippen molar-refractivity contribution < 1.29 is 27.2 Å². The van der Waals surface area contributed by atoms with Gasteiger partial charge in [0.2, 0.25) is 27.7 Å². The van der Waals surface area contributed by atoms with E-state index in [0.29, 0.717) is 31.0 Å². The van der Waals surface area contributed by atoms with Gasteiger partial charge in [0.25, 0.3) is 0 Å². The van der Waals surface area contributed by atoms with E-state index in [4.69, 9.17) is 0 Å². The predicted octanol–water partition coefficient (Wildman–Crippen LogP) is -0.915. The molecule has 0 saturated carbocycles. The molecule has 3 aliphatic rings. The third-order valence-electron chi connectivity index (χ3n) is 5.98. The van der Waals surface area contributed by atoms with Crippen molar-refractivity contribution >= 4 is 39.5 Å². The number of hydrogen-bond acceptors (Lipinski definition) is 7. The fourth-order valence-electron chi connectivity index (χ4n) is 4.16. The molecule has 3 amide bonds. The lowest BCUT2D eigenvalue weighted by molar-refractivity contribution is -0.138. The minimum atomic E-state index is -4.15. The van der Waals surface area contributed by atoms with Crippen molar-refractivity contribution in [3.8, 4) is 0 Å². The van der Waals surface area contributed by atoms with Crippen LogP contribution in [0.3, 0.4) is 0 Å². The van der Waals surface area contributed by atoms with Crippen LogP contribution in [0.2, 0.25) is 0 Å². The average molecular weight is 500 g/mol. The summed E-state index contributed by atoms with van der Waals surface area (Å²) in [7, 11) is -4.15. The van der Waals surface area contributed by atoms with Gasteiger partial charge in [0.1, 0.15) is 17.9 Å². The topological polar surface area (TPSA) is 128 Å². The molecule has 33 heavy (non-hydrogen) atoms. The van der Waals surface area contributed by atoms with Crippen molar-refractivity contribution in [2.24, 2.45) is 0 Å². The maximum Gasteiger partial charge on any atom is 0.243 e. The summed E-state index contributed by atoms with van der Waals surface area (Å²) in [4.78, 5) is 39.6. The van der Waals surface area contributed by atoms with Gasteiger partial charge in [0, 0.05) is 37.8 Å². The van der Waals surface area contributed by atoms with E-state index in [9.17, 15) is 27.2 Å². The molecule has 4 rings (SSSR count). The van der Waals surface area contributed by atoms with Crippen LogP contribution in [0.15, 0.2) is 29.2 Å². The van der Waals surface area contributed by atoms with E-state index < -0.39 is 33.8 Å². The van der Waals surface area contributed by atoms with E-state index in [-0.39, 0.29) is 42.4 Å².